The van der Waals surface area contributed by atoms with Crippen LogP contribution in [0.3, 0.4) is 0 Å². The van der Waals surface area contributed by atoms with Crippen molar-refractivity contribution in [3.63, 3.8) is 0 Å². The molecule has 1 aliphatic carbocycles. The molecule has 2 aromatic rings. The van der Waals surface area contributed by atoms with Gasteiger partial charge in [0.05, 0.1) is 19.9 Å². The zero-order valence-corrected chi connectivity index (χ0v) is 14.9. The average molecular weight is 343 g/mol. The molecule has 7 heteroatoms. The molecule has 0 aromatic carbocycles. The summed E-state index contributed by atoms with van der Waals surface area (Å²) in [5.74, 6) is 3.32. The first-order chi connectivity index (χ1) is 12.2. The minimum Gasteiger partial charge on any atom is -0.481 e. The van der Waals surface area contributed by atoms with Gasteiger partial charge in [-0.15, -0.1) is 0 Å². The summed E-state index contributed by atoms with van der Waals surface area (Å²) in [5, 5.41) is 0. The Kier molecular flexibility index (Phi) is 4.57. The Morgan fingerprint density at radius 3 is 2.56 bits per heavy atom. The number of oxazole rings is 1. The molecular weight excluding hydrogens is 318 g/mol. The fourth-order valence-corrected chi connectivity index (χ4v) is 3.63. The van der Waals surface area contributed by atoms with Gasteiger partial charge in [-0.2, -0.15) is 0 Å². The van der Waals surface area contributed by atoms with Gasteiger partial charge in [-0.25, -0.2) is 15.0 Å². The van der Waals surface area contributed by atoms with Crippen LogP contribution in [0.4, 0.5) is 5.82 Å². The molecule has 4 rings (SSSR count). The highest BCUT2D eigenvalue weighted by Crippen LogP contribution is 2.36. The number of hydrogen-bond acceptors (Lipinski definition) is 7. The minimum atomic E-state index is 0.523. The van der Waals surface area contributed by atoms with Gasteiger partial charge in [-0.3, -0.25) is 4.90 Å². The lowest BCUT2D eigenvalue weighted by molar-refractivity contribution is 0.183. The van der Waals surface area contributed by atoms with E-state index >= 15 is 0 Å². The van der Waals surface area contributed by atoms with E-state index in [1.165, 1.54) is 12.8 Å². The largest absolute Gasteiger partial charge is 0.481 e. The lowest BCUT2D eigenvalue weighted by atomic mass is 10.0. The van der Waals surface area contributed by atoms with Crippen LogP contribution in [-0.2, 0) is 6.54 Å². The molecule has 0 unspecified atom stereocenters. The first-order valence-electron chi connectivity index (χ1n) is 9.01. The van der Waals surface area contributed by atoms with Crippen molar-refractivity contribution in [2.24, 2.45) is 0 Å². The summed E-state index contributed by atoms with van der Waals surface area (Å²) in [4.78, 5) is 17.9. The Labute approximate surface area is 148 Å². The summed E-state index contributed by atoms with van der Waals surface area (Å²) in [6.45, 7) is 4.84. The molecule has 25 heavy (non-hydrogen) atoms. The van der Waals surface area contributed by atoms with Crippen molar-refractivity contribution in [1.82, 2.24) is 19.9 Å². The number of anilines is 1. The van der Waals surface area contributed by atoms with Gasteiger partial charge in [-0.05, 0) is 32.6 Å². The van der Waals surface area contributed by atoms with Crippen LogP contribution in [0.15, 0.2) is 23.0 Å². The number of likely N-dealkylation sites (tertiary alicyclic amines) is 1. The molecule has 1 saturated heterocycles. The van der Waals surface area contributed by atoms with Gasteiger partial charge in [0.25, 0.3) is 0 Å². The van der Waals surface area contributed by atoms with Crippen molar-refractivity contribution in [1.29, 1.82) is 0 Å². The second-order valence-corrected chi connectivity index (χ2v) is 6.93. The number of hydrogen-bond donors (Lipinski definition) is 0. The predicted octanol–water partition coefficient (Wildman–Crippen LogP) is 2.42. The van der Waals surface area contributed by atoms with Crippen LogP contribution in [0.25, 0.3) is 0 Å². The zero-order valence-electron chi connectivity index (χ0n) is 14.9. The summed E-state index contributed by atoms with van der Waals surface area (Å²) in [5.41, 5.74) is 0. The van der Waals surface area contributed by atoms with Gasteiger partial charge in [0, 0.05) is 31.2 Å². The highest BCUT2D eigenvalue weighted by Gasteiger charge is 2.36. The van der Waals surface area contributed by atoms with Crippen LogP contribution in [0.1, 0.15) is 37.3 Å². The average Bonchev–Trinajstić information content (AvgIpc) is 3.38. The summed E-state index contributed by atoms with van der Waals surface area (Å²) in [6.07, 6.45) is 8.15. The van der Waals surface area contributed by atoms with E-state index in [0.29, 0.717) is 18.0 Å². The molecule has 1 saturated carbocycles. The van der Waals surface area contributed by atoms with Gasteiger partial charge < -0.3 is 14.1 Å². The van der Waals surface area contributed by atoms with E-state index in [-0.39, 0.29) is 0 Å². The molecule has 134 valence electrons. The standard InChI is InChI=1S/C18H25N5O2/c1-13-10-19-18(25-13)11-22-7-5-15(6-8-22)23(14-3-4-14)16-9-17(24-2)21-12-20-16/h9-10,12,14-15H,3-8,11H2,1-2H3. The maximum absolute atomic E-state index is 5.61. The normalized spacial score (nSPS) is 19.1. The minimum absolute atomic E-state index is 0.523. The van der Waals surface area contributed by atoms with Crippen LogP contribution in [0.2, 0.25) is 0 Å². The van der Waals surface area contributed by atoms with Crippen molar-refractivity contribution >= 4 is 5.82 Å². The second-order valence-electron chi connectivity index (χ2n) is 6.93. The van der Waals surface area contributed by atoms with E-state index in [2.05, 4.69) is 24.8 Å². The third-order valence-corrected chi connectivity index (χ3v) is 5.02. The van der Waals surface area contributed by atoms with Crippen molar-refractivity contribution in [3.8, 4) is 5.88 Å². The SMILES string of the molecule is COc1cc(N(C2CC2)C2CCN(Cc3ncc(C)o3)CC2)ncn1. The third kappa shape index (κ3) is 3.76. The van der Waals surface area contributed by atoms with Gasteiger partial charge in [-0.1, -0.05) is 0 Å². The van der Waals surface area contributed by atoms with Crippen molar-refractivity contribution < 1.29 is 9.15 Å². The monoisotopic (exact) mass is 343 g/mol. The Morgan fingerprint density at radius 2 is 1.92 bits per heavy atom. The molecule has 0 amide bonds. The van der Waals surface area contributed by atoms with E-state index < -0.39 is 0 Å². The number of aryl methyl sites for hydroxylation is 1. The molecule has 3 heterocycles. The number of aromatic nitrogens is 3. The van der Waals surface area contributed by atoms with Crippen molar-refractivity contribution in [2.45, 2.75) is 51.2 Å². The Morgan fingerprint density at radius 1 is 1.16 bits per heavy atom. The van der Waals surface area contributed by atoms with Crippen molar-refractivity contribution in [3.05, 3.63) is 30.2 Å². The Hall–Kier alpha value is -2.15. The molecular formula is C18H25N5O2. The van der Waals surface area contributed by atoms with Gasteiger partial charge in [0.15, 0.2) is 0 Å². The second kappa shape index (κ2) is 7.00. The summed E-state index contributed by atoms with van der Waals surface area (Å²) in [7, 11) is 1.65. The predicted molar refractivity (Wildman–Crippen MR) is 93.6 cm³/mol. The summed E-state index contributed by atoms with van der Waals surface area (Å²) >= 11 is 0. The van der Waals surface area contributed by atoms with Gasteiger partial charge in [0.2, 0.25) is 11.8 Å². The van der Waals surface area contributed by atoms with E-state index in [1.54, 1.807) is 19.6 Å². The number of methoxy groups -OCH3 is 1. The van der Waals surface area contributed by atoms with Gasteiger partial charge >= 0.3 is 0 Å². The number of ether oxygens (including phenoxy) is 1. The Bertz CT molecular complexity index is 707. The van der Waals surface area contributed by atoms with Crippen LogP contribution in [0, 0.1) is 6.92 Å². The fraction of sp³-hybridized carbons (Fsp3) is 0.611. The lowest BCUT2D eigenvalue weighted by Gasteiger charge is -2.39. The summed E-state index contributed by atoms with van der Waals surface area (Å²) < 4.78 is 10.9. The smallest absolute Gasteiger partial charge is 0.218 e. The molecule has 2 aromatic heterocycles. The topological polar surface area (TPSA) is 67.5 Å². The Balaban J connectivity index is 1.40. The number of rotatable bonds is 6. The lowest BCUT2D eigenvalue weighted by Crippen LogP contribution is -2.46. The highest BCUT2D eigenvalue weighted by molar-refractivity contribution is 5.45. The molecule has 2 aliphatic rings. The van der Waals surface area contributed by atoms with Crippen LogP contribution < -0.4 is 9.64 Å². The third-order valence-electron chi connectivity index (χ3n) is 5.02. The summed E-state index contributed by atoms with van der Waals surface area (Å²) in [6, 6.07) is 3.10. The number of nitrogens with zero attached hydrogens (tertiary/aromatic N) is 5. The van der Waals surface area contributed by atoms with Crippen LogP contribution in [-0.4, -0.2) is 52.1 Å². The maximum Gasteiger partial charge on any atom is 0.218 e. The molecule has 0 radical (unpaired) electrons. The first kappa shape index (κ1) is 16.3. The fourth-order valence-electron chi connectivity index (χ4n) is 3.63. The molecule has 0 bridgehead atoms. The molecule has 0 N–H and O–H groups in total. The van der Waals surface area contributed by atoms with Gasteiger partial charge in [0.1, 0.15) is 17.9 Å². The van der Waals surface area contributed by atoms with Crippen molar-refractivity contribution in [2.75, 3.05) is 25.1 Å². The maximum atomic E-state index is 5.61. The molecule has 1 aliphatic heterocycles. The molecule has 0 atom stereocenters. The highest BCUT2D eigenvalue weighted by atomic mass is 16.5. The number of piperidine rings is 1. The zero-order chi connectivity index (χ0) is 17.2. The van der Waals surface area contributed by atoms with E-state index in [9.17, 15) is 0 Å². The van der Waals surface area contributed by atoms with Crippen LogP contribution in [0.5, 0.6) is 5.88 Å². The quantitative estimate of drug-likeness (QED) is 0.798. The molecule has 2 fully saturated rings. The molecule has 7 nitrogen and oxygen atoms in total. The van der Waals surface area contributed by atoms with E-state index in [0.717, 1.165) is 49.9 Å². The van der Waals surface area contributed by atoms with Crippen LogP contribution >= 0.6 is 0 Å². The van der Waals surface area contributed by atoms with E-state index in [1.807, 2.05) is 13.0 Å². The van der Waals surface area contributed by atoms with E-state index in [4.69, 9.17) is 9.15 Å². The first-order valence-corrected chi connectivity index (χ1v) is 9.01. The molecule has 0 spiro atoms.